The molecule has 12 rings (SSSR count). The molecule has 0 bridgehead atoms. The third kappa shape index (κ3) is 8.72. The predicted octanol–water partition coefficient (Wildman–Crippen LogP) is 17.7. The molecule has 0 aliphatic carbocycles. The summed E-state index contributed by atoms with van der Waals surface area (Å²) in [5.74, 6) is 5.60. The van der Waals surface area contributed by atoms with E-state index in [1.807, 2.05) is 42.5 Å². The number of anilines is 2. The molecule has 1 atom stereocenters. The molecule has 72 heavy (non-hydrogen) atoms. The van der Waals surface area contributed by atoms with Crippen molar-refractivity contribution in [2.24, 2.45) is 0 Å². The Labute approximate surface area is 444 Å². The van der Waals surface area contributed by atoms with Crippen LogP contribution in [0.15, 0.2) is 158 Å². The monoisotopic (exact) mass is 1200 g/mol. The molecule has 1 aliphatic heterocycles. The zero-order valence-electron chi connectivity index (χ0n) is 43.9. The minimum atomic E-state index is -2.44. The molecule has 0 amide bonds. The average molecular weight is 1200 g/mol. The van der Waals surface area contributed by atoms with Crippen LogP contribution in [0.3, 0.4) is 0 Å². The van der Waals surface area contributed by atoms with Gasteiger partial charge in [0.2, 0.25) is 0 Å². The second kappa shape index (κ2) is 19.5. The molecule has 1 unspecified atom stereocenters. The molecule has 0 saturated carbocycles. The number of thiophene rings is 1. The van der Waals surface area contributed by atoms with Crippen molar-refractivity contribution in [2.45, 2.75) is 58.0 Å². The van der Waals surface area contributed by atoms with E-state index in [9.17, 15) is 4.39 Å². The minimum absolute atomic E-state index is 0. The van der Waals surface area contributed by atoms with Crippen LogP contribution in [-0.2, 0) is 20.1 Å². The summed E-state index contributed by atoms with van der Waals surface area (Å²) >= 11 is -0.853. The fourth-order valence-corrected chi connectivity index (χ4v) is 14.2. The van der Waals surface area contributed by atoms with Crippen molar-refractivity contribution < 1.29 is 33.0 Å². The van der Waals surface area contributed by atoms with Gasteiger partial charge in [-0.1, -0.05) is 70.7 Å². The van der Waals surface area contributed by atoms with Gasteiger partial charge in [0.15, 0.2) is 0 Å². The standard InChI is InChI=1S/C42H30FN3S.C21H21FGeN.Ir/c1-23-18-28(27-10-6-5-7-11-27)19-24(2)40(23)46-37-21-32-26(4)25(3)29-12-8-9-13-30(29)33(32)20-36(37)45-42(46)31-14-15-35(43)39-34-22-44-17-16-38(34)47-41(31)39;1-15-12-21(24-14-20(15)23(2,3)4)18-11-10-17(13-19(18)22)16-8-6-5-7-9-16;/h5-13,15-22,42H,1-4H3;5-10,12-14H,1-4H3;/q-2;-1;+3/i;1D3;. The van der Waals surface area contributed by atoms with E-state index >= 15 is 4.39 Å². The van der Waals surface area contributed by atoms with Crippen LogP contribution in [0.5, 0.6) is 0 Å². The fraction of sp³-hybridized carbons (Fsp3) is 0.143. The van der Waals surface area contributed by atoms with Crippen molar-refractivity contribution >= 4 is 87.8 Å². The van der Waals surface area contributed by atoms with Crippen LogP contribution in [0, 0.1) is 58.3 Å². The second-order valence-electron chi connectivity index (χ2n) is 19.5. The predicted molar refractivity (Wildman–Crippen MR) is 298 cm³/mol. The van der Waals surface area contributed by atoms with Gasteiger partial charge in [-0.25, -0.2) is 11.3 Å². The maximum atomic E-state index is 15.6. The summed E-state index contributed by atoms with van der Waals surface area (Å²) in [4.78, 5) is 11.1. The van der Waals surface area contributed by atoms with E-state index in [1.54, 1.807) is 36.0 Å². The summed E-state index contributed by atoms with van der Waals surface area (Å²) in [6.45, 7) is 6.54. The molecule has 356 valence electrons. The number of hydrogen-bond donors (Lipinski definition) is 0. The van der Waals surface area contributed by atoms with Gasteiger partial charge in [-0.3, -0.25) is 9.37 Å². The molecular weight excluding hydrogens is 1150 g/mol. The van der Waals surface area contributed by atoms with Gasteiger partial charge < -0.3 is 10.2 Å². The van der Waals surface area contributed by atoms with Crippen molar-refractivity contribution in [2.75, 3.05) is 4.90 Å². The van der Waals surface area contributed by atoms with Crippen LogP contribution in [0.2, 0.25) is 17.3 Å². The van der Waals surface area contributed by atoms with Gasteiger partial charge in [-0.05, 0) is 118 Å². The van der Waals surface area contributed by atoms with Gasteiger partial charge in [-0.15, -0.1) is 17.3 Å². The normalized spacial score (nSPS) is 14.0. The Morgan fingerprint density at radius 3 is 2.00 bits per heavy atom. The Morgan fingerprint density at radius 1 is 0.653 bits per heavy atom. The molecule has 8 aromatic carbocycles. The van der Waals surface area contributed by atoms with E-state index < -0.39 is 32.1 Å². The van der Waals surface area contributed by atoms with E-state index in [2.05, 4.69) is 145 Å². The van der Waals surface area contributed by atoms with Gasteiger partial charge >= 0.3 is 170 Å². The summed E-state index contributed by atoms with van der Waals surface area (Å²) in [5, 5.41) is 11.8. The topological polar surface area (TPSA) is 43.1 Å². The van der Waals surface area contributed by atoms with Crippen LogP contribution in [0.25, 0.3) is 80.5 Å². The summed E-state index contributed by atoms with van der Waals surface area (Å²) in [6.07, 6.45) is 4.72. The first-order valence-corrected chi connectivity index (χ1v) is 31.9. The largest absolute Gasteiger partial charge is 3.00 e. The van der Waals surface area contributed by atoms with Crippen molar-refractivity contribution in [3.05, 3.63) is 221 Å². The van der Waals surface area contributed by atoms with Gasteiger partial charge in [0.05, 0.1) is 0 Å². The molecule has 4 nitrogen and oxygen atoms in total. The number of benzene rings is 8. The molecule has 0 saturated heterocycles. The summed E-state index contributed by atoms with van der Waals surface area (Å²) < 4.78 is 56.7. The van der Waals surface area contributed by atoms with Crippen LogP contribution < -0.4 is 9.30 Å². The Kier molecular flexibility index (Phi) is 12.3. The van der Waals surface area contributed by atoms with Crippen LogP contribution in [0.4, 0.5) is 25.8 Å². The van der Waals surface area contributed by atoms with Gasteiger partial charge in [-0.2, -0.15) is 6.07 Å². The Hall–Kier alpha value is -6.55. The number of fused-ring (bicyclic) bond motifs is 7. The third-order valence-corrected chi connectivity index (χ3v) is 19.3. The first kappa shape index (κ1) is 45.3. The molecule has 11 aromatic rings. The molecule has 0 N–H and O–H groups in total. The maximum absolute atomic E-state index is 15.6. The molecule has 0 radical (unpaired) electrons. The number of aromatic nitrogens is 2. The van der Waals surface area contributed by atoms with Crippen molar-refractivity contribution in [1.82, 2.24) is 9.97 Å². The minimum Gasteiger partial charge on any atom is 3.00 e. The fourth-order valence-electron chi connectivity index (χ4n) is 10.2. The quantitative estimate of drug-likeness (QED) is 0.0947. The number of halogens is 2. The maximum Gasteiger partial charge on any atom is 3.00 e. The van der Waals surface area contributed by atoms with E-state index in [1.165, 1.54) is 62.0 Å². The number of pyridine rings is 2. The molecule has 9 heteroatoms. The van der Waals surface area contributed by atoms with E-state index in [-0.39, 0.29) is 37.0 Å². The van der Waals surface area contributed by atoms with Crippen molar-refractivity contribution in [3.8, 4) is 33.5 Å². The zero-order valence-corrected chi connectivity index (χ0v) is 46.2. The number of rotatable bonds is 6. The third-order valence-electron chi connectivity index (χ3n) is 13.9. The SMILES string of the molecule is Cc1cc(-c2ccccc2)cc(C)c1N1c2cc3c(C)c(C)c4ccccc4c3cc2[N-]C1c1[c-]cc(F)c2c1sc1ccncc12.[2H]C([2H])([2H])c1cc(-c2[c-]cc(-c3ccccc3)cc2F)nc[c]1[Ge]([CH3])([CH3])[CH3].[Ir+3]. The molecule has 0 spiro atoms. The zero-order chi connectivity index (χ0) is 51.8. The molecule has 0 fully saturated rings. The Bertz CT molecular complexity index is 3990. The summed E-state index contributed by atoms with van der Waals surface area (Å²) in [7, 11) is 0. The number of aryl methyl sites for hydroxylation is 5. The van der Waals surface area contributed by atoms with E-state index in [0.717, 1.165) is 58.5 Å². The van der Waals surface area contributed by atoms with Crippen molar-refractivity contribution in [1.29, 1.82) is 0 Å². The average Bonchev–Trinajstić information content (AvgIpc) is 3.99. The summed E-state index contributed by atoms with van der Waals surface area (Å²) in [5.41, 5.74) is 13.6. The first-order chi connectivity index (χ1) is 35.5. The van der Waals surface area contributed by atoms with E-state index in [4.69, 9.17) is 9.43 Å². The Balaban J connectivity index is 0.000000196. The molecule has 1 aliphatic rings. The van der Waals surface area contributed by atoms with Crippen molar-refractivity contribution in [3.63, 3.8) is 0 Å². The Morgan fingerprint density at radius 2 is 1.32 bits per heavy atom. The van der Waals surface area contributed by atoms with Gasteiger partial charge in [0.1, 0.15) is 0 Å². The molecular formula is C63H51F2GeIrN4S. The smallest absolute Gasteiger partial charge is 3.00 e. The first-order valence-electron chi connectivity index (χ1n) is 25.2. The molecule has 4 heterocycles. The number of hydrogen-bond acceptors (Lipinski definition) is 4. The van der Waals surface area contributed by atoms with Crippen LogP contribution >= 0.6 is 11.3 Å². The van der Waals surface area contributed by atoms with Gasteiger partial charge in [0, 0.05) is 34.3 Å². The van der Waals surface area contributed by atoms with Crippen LogP contribution in [0.1, 0.15) is 43.7 Å². The van der Waals surface area contributed by atoms with Crippen LogP contribution in [-0.4, -0.2) is 23.2 Å². The second-order valence-corrected chi connectivity index (χ2v) is 31.1. The molecule has 3 aromatic heterocycles. The van der Waals surface area contributed by atoms with Gasteiger partial charge in [0.25, 0.3) is 0 Å². The van der Waals surface area contributed by atoms with E-state index in [0.29, 0.717) is 16.6 Å². The summed E-state index contributed by atoms with van der Waals surface area (Å²) in [6, 6.07) is 52.1. The number of nitrogens with zero attached hydrogens (tertiary/aromatic N) is 4.